The molecule has 2 aliphatic rings. The van der Waals surface area contributed by atoms with E-state index in [1.807, 2.05) is 39.0 Å². The lowest BCUT2D eigenvalue weighted by Crippen LogP contribution is -2.56. The molecule has 170 valence electrons. The smallest absolute Gasteiger partial charge is 0.252 e. The third kappa shape index (κ3) is 6.29. The van der Waals surface area contributed by atoms with Crippen molar-refractivity contribution in [2.75, 3.05) is 31.2 Å². The lowest BCUT2D eigenvalue weighted by atomic mass is 9.95. The third-order valence-electron chi connectivity index (χ3n) is 6.00. The SMILES string of the molecule is CC(C)C[C@H](NC(=O)c1cccc(N2CCCCC2)c1)C(=O)N[C@@H]1C(=O)COC[C@H]1C. The minimum atomic E-state index is -0.700. The molecule has 0 spiro atoms. The van der Waals surface area contributed by atoms with Crippen molar-refractivity contribution in [2.45, 2.75) is 58.5 Å². The van der Waals surface area contributed by atoms with Crippen LogP contribution in [0.2, 0.25) is 0 Å². The van der Waals surface area contributed by atoms with Crippen LogP contribution in [-0.2, 0) is 14.3 Å². The molecule has 3 rings (SSSR count). The van der Waals surface area contributed by atoms with Gasteiger partial charge in [-0.1, -0.05) is 26.8 Å². The van der Waals surface area contributed by atoms with Gasteiger partial charge in [-0.3, -0.25) is 14.4 Å². The molecular formula is C24H35N3O4. The first-order valence-corrected chi connectivity index (χ1v) is 11.4. The Labute approximate surface area is 184 Å². The Balaban J connectivity index is 1.69. The average molecular weight is 430 g/mol. The number of rotatable bonds is 7. The van der Waals surface area contributed by atoms with Gasteiger partial charge < -0.3 is 20.3 Å². The second-order valence-corrected chi connectivity index (χ2v) is 9.20. The molecule has 1 aromatic carbocycles. The van der Waals surface area contributed by atoms with Gasteiger partial charge in [0.25, 0.3) is 5.91 Å². The second-order valence-electron chi connectivity index (χ2n) is 9.20. The zero-order chi connectivity index (χ0) is 22.4. The Morgan fingerprint density at radius 3 is 2.61 bits per heavy atom. The number of anilines is 1. The number of carbonyl (C=O) groups excluding carboxylic acids is 3. The molecule has 0 aromatic heterocycles. The zero-order valence-electron chi connectivity index (χ0n) is 18.9. The molecule has 2 fully saturated rings. The van der Waals surface area contributed by atoms with Gasteiger partial charge in [-0.25, -0.2) is 0 Å². The van der Waals surface area contributed by atoms with Crippen LogP contribution in [-0.4, -0.2) is 56.0 Å². The van der Waals surface area contributed by atoms with Crippen molar-refractivity contribution in [3.8, 4) is 0 Å². The fraction of sp³-hybridized carbons (Fsp3) is 0.625. The number of amides is 2. The van der Waals surface area contributed by atoms with Crippen molar-refractivity contribution in [3.63, 3.8) is 0 Å². The largest absolute Gasteiger partial charge is 0.373 e. The molecule has 7 nitrogen and oxygen atoms in total. The Morgan fingerprint density at radius 1 is 1.19 bits per heavy atom. The van der Waals surface area contributed by atoms with Crippen LogP contribution in [0.5, 0.6) is 0 Å². The highest BCUT2D eigenvalue weighted by Gasteiger charge is 2.33. The van der Waals surface area contributed by atoms with Crippen LogP contribution in [0.4, 0.5) is 5.69 Å². The Kier molecular flexibility index (Phi) is 8.07. The van der Waals surface area contributed by atoms with E-state index in [4.69, 9.17) is 4.74 Å². The maximum absolute atomic E-state index is 13.0. The lowest BCUT2D eigenvalue weighted by molar-refractivity contribution is -0.137. The summed E-state index contributed by atoms with van der Waals surface area (Å²) in [4.78, 5) is 40.5. The Bertz CT molecular complexity index is 789. The van der Waals surface area contributed by atoms with Crippen LogP contribution in [0.1, 0.15) is 56.8 Å². The number of nitrogens with zero attached hydrogens (tertiary/aromatic N) is 1. The molecule has 0 unspecified atom stereocenters. The Morgan fingerprint density at radius 2 is 1.94 bits per heavy atom. The molecule has 31 heavy (non-hydrogen) atoms. The van der Waals surface area contributed by atoms with E-state index in [0.717, 1.165) is 31.6 Å². The number of ketones is 1. The fourth-order valence-electron chi connectivity index (χ4n) is 4.27. The summed E-state index contributed by atoms with van der Waals surface area (Å²) < 4.78 is 5.24. The standard InChI is InChI=1S/C24H35N3O4/c1-16(2)12-20(24(30)26-22-17(3)14-31-15-21(22)28)25-23(29)18-8-7-9-19(13-18)27-10-5-4-6-11-27/h7-9,13,16-17,20,22H,4-6,10-12,14-15H2,1-3H3,(H,25,29)(H,26,30)/t17-,20+,22+/m1/s1. The van der Waals surface area contributed by atoms with Gasteiger partial charge in [-0.2, -0.15) is 0 Å². The molecule has 0 bridgehead atoms. The second kappa shape index (κ2) is 10.8. The molecule has 0 saturated carbocycles. The van der Waals surface area contributed by atoms with Crippen molar-refractivity contribution in [2.24, 2.45) is 11.8 Å². The van der Waals surface area contributed by atoms with Crippen LogP contribution in [0.25, 0.3) is 0 Å². The van der Waals surface area contributed by atoms with E-state index in [9.17, 15) is 14.4 Å². The molecule has 2 amide bonds. The predicted octanol–water partition coefficient (Wildman–Crippen LogP) is 2.54. The maximum Gasteiger partial charge on any atom is 0.252 e. The summed E-state index contributed by atoms with van der Waals surface area (Å²) in [6.45, 7) is 8.34. The van der Waals surface area contributed by atoms with E-state index in [-0.39, 0.29) is 36.0 Å². The third-order valence-corrected chi connectivity index (χ3v) is 6.00. The number of hydrogen-bond donors (Lipinski definition) is 2. The van der Waals surface area contributed by atoms with E-state index in [1.165, 1.54) is 6.42 Å². The number of piperidine rings is 1. The van der Waals surface area contributed by atoms with Crippen molar-refractivity contribution >= 4 is 23.3 Å². The van der Waals surface area contributed by atoms with E-state index in [0.29, 0.717) is 18.6 Å². The first-order valence-electron chi connectivity index (χ1n) is 11.4. The highest BCUT2D eigenvalue weighted by atomic mass is 16.5. The fourth-order valence-corrected chi connectivity index (χ4v) is 4.27. The van der Waals surface area contributed by atoms with E-state index < -0.39 is 12.1 Å². The van der Waals surface area contributed by atoms with Crippen LogP contribution in [0.15, 0.2) is 24.3 Å². The van der Waals surface area contributed by atoms with Crippen molar-refractivity contribution in [1.29, 1.82) is 0 Å². The van der Waals surface area contributed by atoms with Gasteiger partial charge in [0.2, 0.25) is 5.91 Å². The lowest BCUT2D eigenvalue weighted by Gasteiger charge is -2.30. The summed E-state index contributed by atoms with van der Waals surface area (Å²) >= 11 is 0. The van der Waals surface area contributed by atoms with Crippen LogP contribution < -0.4 is 15.5 Å². The topological polar surface area (TPSA) is 87.7 Å². The first kappa shape index (κ1) is 23.3. The highest BCUT2D eigenvalue weighted by molar-refractivity contribution is 5.99. The summed E-state index contributed by atoms with van der Waals surface area (Å²) in [6, 6.07) is 6.31. The van der Waals surface area contributed by atoms with Gasteiger partial charge in [0, 0.05) is 30.3 Å². The zero-order valence-corrected chi connectivity index (χ0v) is 18.9. The van der Waals surface area contributed by atoms with E-state index in [2.05, 4.69) is 15.5 Å². The quantitative estimate of drug-likeness (QED) is 0.696. The number of carbonyl (C=O) groups is 3. The average Bonchev–Trinajstić information content (AvgIpc) is 2.76. The summed E-state index contributed by atoms with van der Waals surface area (Å²) in [7, 11) is 0. The molecule has 7 heteroatoms. The van der Waals surface area contributed by atoms with Crippen LogP contribution >= 0.6 is 0 Å². The molecule has 1 aromatic rings. The molecule has 2 aliphatic heterocycles. The number of nitrogens with one attached hydrogen (secondary N) is 2. The highest BCUT2D eigenvalue weighted by Crippen LogP contribution is 2.21. The molecule has 2 saturated heterocycles. The van der Waals surface area contributed by atoms with Gasteiger partial charge >= 0.3 is 0 Å². The van der Waals surface area contributed by atoms with Gasteiger partial charge in [0.15, 0.2) is 5.78 Å². The van der Waals surface area contributed by atoms with Crippen LogP contribution in [0, 0.1) is 11.8 Å². The molecule has 3 atom stereocenters. The summed E-state index contributed by atoms with van der Waals surface area (Å²) in [5.41, 5.74) is 1.58. The van der Waals surface area contributed by atoms with Crippen LogP contribution in [0.3, 0.4) is 0 Å². The maximum atomic E-state index is 13.0. The molecule has 2 heterocycles. The molecule has 0 radical (unpaired) electrons. The number of Topliss-reactive ketones (excluding diaryl/α,β-unsaturated/α-hetero) is 1. The first-order chi connectivity index (χ1) is 14.8. The Hall–Kier alpha value is -2.41. The number of benzene rings is 1. The minimum absolute atomic E-state index is 0.0137. The van der Waals surface area contributed by atoms with Crippen molar-refractivity contribution < 1.29 is 19.1 Å². The van der Waals surface area contributed by atoms with Gasteiger partial charge in [0.1, 0.15) is 12.6 Å². The van der Waals surface area contributed by atoms with Crippen molar-refractivity contribution in [3.05, 3.63) is 29.8 Å². The molecule has 2 N–H and O–H groups in total. The monoisotopic (exact) mass is 429 g/mol. The number of ether oxygens (including phenoxy) is 1. The molecular weight excluding hydrogens is 394 g/mol. The van der Waals surface area contributed by atoms with E-state index in [1.54, 1.807) is 6.07 Å². The molecule has 0 aliphatic carbocycles. The van der Waals surface area contributed by atoms with Crippen molar-refractivity contribution in [1.82, 2.24) is 10.6 Å². The predicted molar refractivity (Wildman–Crippen MR) is 120 cm³/mol. The normalized spacial score (nSPS) is 22.8. The van der Waals surface area contributed by atoms with Gasteiger partial charge in [0.05, 0.1) is 12.6 Å². The summed E-state index contributed by atoms with van der Waals surface area (Å²) in [6.07, 6.45) is 4.07. The van der Waals surface area contributed by atoms with Gasteiger partial charge in [-0.05, 0) is 49.8 Å². The summed E-state index contributed by atoms with van der Waals surface area (Å²) in [5, 5.41) is 5.75. The summed E-state index contributed by atoms with van der Waals surface area (Å²) in [5.74, 6) is -0.608. The minimum Gasteiger partial charge on any atom is -0.373 e. The number of hydrogen-bond acceptors (Lipinski definition) is 5. The van der Waals surface area contributed by atoms with Gasteiger partial charge in [-0.15, -0.1) is 0 Å². The van der Waals surface area contributed by atoms with E-state index >= 15 is 0 Å².